The molecule has 1 aromatic rings. The van der Waals surface area contributed by atoms with Gasteiger partial charge in [0.25, 0.3) is 0 Å². The Labute approximate surface area is 144 Å². The van der Waals surface area contributed by atoms with Crippen molar-refractivity contribution < 1.29 is 14.3 Å². The molecule has 0 radical (unpaired) electrons. The first-order chi connectivity index (χ1) is 11.7. The van der Waals surface area contributed by atoms with Crippen LogP contribution in [0.2, 0.25) is 0 Å². The van der Waals surface area contributed by atoms with Crippen LogP contribution >= 0.6 is 0 Å². The van der Waals surface area contributed by atoms with Crippen LogP contribution in [0.25, 0.3) is 0 Å². The lowest BCUT2D eigenvalue weighted by atomic mass is 9.69. The Balaban J connectivity index is 1.50. The summed E-state index contributed by atoms with van der Waals surface area (Å²) in [6.07, 6.45) is 4.38. The van der Waals surface area contributed by atoms with Crippen LogP contribution in [-0.4, -0.2) is 57.0 Å². The molecular weight excluding hydrogens is 304 g/mol. The number of carbonyl (C=O) groups excluding carboxylic acids is 1. The quantitative estimate of drug-likeness (QED) is 0.901. The van der Waals surface area contributed by atoms with Crippen LogP contribution in [0, 0.1) is 5.41 Å². The van der Waals surface area contributed by atoms with Crippen molar-refractivity contribution in [3.63, 3.8) is 0 Å². The fourth-order valence-corrected chi connectivity index (χ4v) is 3.57. The molecule has 0 aromatic heterocycles. The van der Waals surface area contributed by atoms with Gasteiger partial charge in [0.2, 0.25) is 0 Å². The maximum Gasteiger partial charge on any atom is 0.317 e. The van der Waals surface area contributed by atoms with Crippen LogP contribution in [0.3, 0.4) is 0 Å². The number of rotatable bonds is 5. The van der Waals surface area contributed by atoms with E-state index in [1.165, 1.54) is 24.8 Å². The van der Waals surface area contributed by atoms with Crippen molar-refractivity contribution in [3.8, 4) is 0 Å². The van der Waals surface area contributed by atoms with E-state index in [4.69, 9.17) is 9.47 Å². The molecule has 1 atom stereocenters. The van der Waals surface area contributed by atoms with Gasteiger partial charge in [-0.2, -0.15) is 0 Å². The fourth-order valence-electron chi connectivity index (χ4n) is 3.57. The number of amides is 2. The van der Waals surface area contributed by atoms with Gasteiger partial charge >= 0.3 is 6.03 Å². The van der Waals surface area contributed by atoms with Crippen LogP contribution in [0.5, 0.6) is 0 Å². The standard InChI is InChI=1S/C19H28N2O3/c1-23-17(12-16-6-3-2-4-7-16)13-20-18(22)21-10-11-24-15-19(14-21)8-5-9-19/h2-4,6-7,17H,5,8-15H2,1H3,(H,20,22). The Morgan fingerprint density at radius 2 is 2.17 bits per heavy atom. The summed E-state index contributed by atoms with van der Waals surface area (Å²) in [5, 5.41) is 3.04. The highest BCUT2D eigenvalue weighted by Gasteiger charge is 2.41. The van der Waals surface area contributed by atoms with Crippen molar-refractivity contribution >= 4 is 6.03 Å². The molecule has 1 unspecified atom stereocenters. The Morgan fingerprint density at radius 1 is 1.38 bits per heavy atom. The van der Waals surface area contributed by atoms with Crippen molar-refractivity contribution in [2.24, 2.45) is 5.41 Å². The Morgan fingerprint density at radius 3 is 2.83 bits per heavy atom. The van der Waals surface area contributed by atoms with E-state index in [9.17, 15) is 4.79 Å². The molecular formula is C19H28N2O3. The van der Waals surface area contributed by atoms with E-state index in [1.807, 2.05) is 23.1 Å². The number of benzene rings is 1. The highest BCUT2D eigenvalue weighted by molar-refractivity contribution is 5.74. The number of nitrogens with zero attached hydrogens (tertiary/aromatic N) is 1. The summed E-state index contributed by atoms with van der Waals surface area (Å²) in [6, 6.07) is 10.2. The largest absolute Gasteiger partial charge is 0.379 e. The predicted molar refractivity (Wildman–Crippen MR) is 93.0 cm³/mol. The first-order valence-corrected chi connectivity index (χ1v) is 8.88. The molecule has 1 aromatic carbocycles. The van der Waals surface area contributed by atoms with Crippen LogP contribution in [0.1, 0.15) is 24.8 Å². The Kier molecular flexibility index (Phi) is 5.74. The van der Waals surface area contributed by atoms with Gasteiger partial charge in [-0.25, -0.2) is 4.79 Å². The second kappa shape index (κ2) is 7.99. The third kappa shape index (κ3) is 4.28. The highest BCUT2D eigenvalue weighted by Crippen LogP contribution is 2.42. The number of carbonyl (C=O) groups is 1. The maximum absolute atomic E-state index is 12.6. The molecule has 2 amide bonds. The molecule has 1 N–H and O–H groups in total. The smallest absolute Gasteiger partial charge is 0.317 e. The molecule has 1 spiro atoms. The minimum Gasteiger partial charge on any atom is -0.379 e. The van der Waals surface area contributed by atoms with Crippen LogP contribution in [0.4, 0.5) is 4.79 Å². The minimum absolute atomic E-state index is 0.00175. The molecule has 2 aliphatic rings. The zero-order valence-electron chi connectivity index (χ0n) is 14.5. The summed E-state index contributed by atoms with van der Waals surface area (Å²) in [6.45, 7) is 3.44. The van der Waals surface area contributed by atoms with Crippen molar-refractivity contribution in [1.29, 1.82) is 0 Å². The Bertz CT molecular complexity index is 531. The van der Waals surface area contributed by atoms with Crippen molar-refractivity contribution in [3.05, 3.63) is 35.9 Å². The summed E-state index contributed by atoms with van der Waals surface area (Å²) in [5.74, 6) is 0. The predicted octanol–water partition coefficient (Wildman–Crippen LogP) is 2.46. The molecule has 2 fully saturated rings. The molecule has 132 valence electrons. The fraction of sp³-hybridized carbons (Fsp3) is 0.632. The number of hydrogen-bond acceptors (Lipinski definition) is 3. The van der Waals surface area contributed by atoms with Crippen molar-refractivity contribution in [2.45, 2.75) is 31.8 Å². The van der Waals surface area contributed by atoms with E-state index in [0.717, 1.165) is 19.6 Å². The third-order valence-electron chi connectivity index (χ3n) is 5.26. The average molecular weight is 332 g/mol. The average Bonchev–Trinajstić information content (AvgIpc) is 2.82. The van der Waals surface area contributed by atoms with Gasteiger partial charge in [0, 0.05) is 38.6 Å². The highest BCUT2D eigenvalue weighted by atomic mass is 16.5. The van der Waals surface area contributed by atoms with E-state index >= 15 is 0 Å². The topological polar surface area (TPSA) is 50.8 Å². The second-order valence-corrected chi connectivity index (χ2v) is 7.06. The summed E-state index contributed by atoms with van der Waals surface area (Å²) >= 11 is 0. The van der Waals surface area contributed by atoms with Crippen molar-refractivity contribution in [1.82, 2.24) is 10.2 Å². The van der Waals surface area contributed by atoms with Gasteiger partial charge in [-0.15, -0.1) is 0 Å². The summed E-state index contributed by atoms with van der Waals surface area (Å²) in [5.41, 5.74) is 1.42. The lowest BCUT2D eigenvalue weighted by Crippen LogP contribution is -2.50. The third-order valence-corrected chi connectivity index (χ3v) is 5.26. The van der Waals surface area contributed by atoms with E-state index in [0.29, 0.717) is 19.7 Å². The zero-order chi connectivity index (χ0) is 16.8. The Hall–Kier alpha value is -1.59. The number of ether oxygens (including phenoxy) is 2. The molecule has 1 heterocycles. The molecule has 1 saturated carbocycles. The second-order valence-electron chi connectivity index (χ2n) is 7.06. The van der Waals surface area contributed by atoms with Crippen LogP contribution in [0.15, 0.2) is 30.3 Å². The van der Waals surface area contributed by atoms with Crippen LogP contribution < -0.4 is 5.32 Å². The van der Waals surface area contributed by atoms with Gasteiger partial charge in [0.05, 0.1) is 19.3 Å². The van der Waals surface area contributed by atoms with Gasteiger partial charge < -0.3 is 19.7 Å². The molecule has 0 bridgehead atoms. The van der Waals surface area contributed by atoms with Gasteiger partial charge in [-0.1, -0.05) is 36.8 Å². The first kappa shape index (κ1) is 17.2. The van der Waals surface area contributed by atoms with E-state index in [1.54, 1.807) is 7.11 Å². The van der Waals surface area contributed by atoms with E-state index in [2.05, 4.69) is 17.4 Å². The van der Waals surface area contributed by atoms with Gasteiger partial charge in [0.15, 0.2) is 0 Å². The lowest BCUT2D eigenvalue weighted by molar-refractivity contribution is 0.0125. The van der Waals surface area contributed by atoms with Crippen LogP contribution in [-0.2, 0) is 15.9 Å². The first-order valence-electron chi connectivity index (χ1n) is 8.88. The summed E-state index contributed by atoms with van der Waals surface area (Å²) < 4.78 is 11.2. The van der Waals surface area contributed by atoms with Crippen molar-refractivity contribution in [2.75, 3.05) is 40.0 Å². The van der Waals surface area contributed by atoms with Gasteiger partial charge in [-0.3, -0.25) is 0 Å². The zero-order valence-corrected chi connectivity index (χ0v) is 14.5. The number of urea groups is 1. The maximum atomic E-state index is 12.6. The molecule has 1 saturated heterocycles. The molecule has 5 nitrogen and oxygen atoms in total. The lowest BCUT2D eigenvalue weighted by Gasteiger charge is -2.42. The summed E-state index contributed by atoms with van der Waals surface area (Å²) in [7, 11) is 1.70. The monoisotopic (exact) mass is 332 g/mol. The summed E-state index contributed by atoms with van der Waals surface area (Å²) in [4.78, 5) is 14.5. The van der Waals surface area contributed by atoms with E-state index in [-0.39, 0.29) is 17.6 Å². The van der Waals surface area contributed by atoms with E-state index < -0.39 is 0 Å². The normalized spacial score (nSPS) is 21.0. The number of nitrogens with one attached hydrogen (secondary N) is 1. The number of hydrogen-bond donors (Lipinski definition) is 1. The SMILES string of the molecule is COC(CNC(=O)N1CCOCC2(CCC2)C1)Cc1ccccc1. The molecule has 5 heteroatoms. The molecule has 24 heavy (non-hydrogen) atoms. The molecule has 1 aliphatic heterocycles. The molecule has 1 aliphatic carbocycles. The molecule has 3 rings (SSSR count). The number of methoxy groups -OCH3 is 1. The van der Waals surface area contributed by atoms with Gasteiger partial charge in [-0.05, 0) is 18.4 Å². The minimum atomic E-state index is -0.0164. The van der Waals surface area contributed by atoms with Gasteiger partial charge in [0.1, 0.15) is 0 Å².